The summed E-state index contributed by atoms with van der Waals surface area (Å²) in [6, 6.07) is 81.7. The van der Waals surface area contributed by atoms with Crippen molar-refractivity contribution in [2.45, 2.75) is 101 Å². The predicted octanol–water partition coefficient (Wildman–Crippen LogP) is 26.4. The van der Waals surface area contributed by atoms with Gasteiger partial charge in [-0.3, -0.25) is 49.5 Å². The molecule has 22 nitrogen and oxygen atoms in total. The number of aliphatic imine (C=N–C) groups is 1. The maximum absolute atomic E-state index is 12.6. The number of benzene rings is 6. The van der Waals surface area contributed by atoms with Crippen LogP contribution >= 0.6 is 0 Å². The number of allylic oxidation sites excluding steroid dienone is 1. The summed E-state index contributed by atoms with van der Waals surface area (Å²) in [6.07, 6.45) is 18.5. The van der Waals surface area contributed by atoms with E-state index >= 15 is 0 Å². The Morgan fingerprint density at radius 1 is 0.417 bits per heavy atom. The van der Waals surface area contributed by atoms with Crippen molar-refractivity contribution in [3.63, 3.8) is 0 Å². The fourth-order valence-corrected chi connectivity index (χ4v) is 9.86. The molecule has 0 atom stereocenters. The summed E-state index contributed by atoms with van der Waals surface area (Å²) in [5.74, 6) is 1.15. The summed E-state index contributed by atoms with van der Waals surface area (Å²) in [7, 11) is 15.8. The normalized spacial score (nSPS) is 9.92. The van der Waals surface area contributed by atoms with Gasteiger partial charge in [-0.2, -0.15) is 39.5 Å². The van der Waals surface area contributed by atoms with Gasteiger partial charge in [-0.25, -0.2) is 14.2 Å². The molecule has 4 N–H and O–H groups in total. The quantitative estimate of drug-likeness (QED) is 0.0812. The van der Waals surface area contributed by atoms with Crippen LogP contribution in [-0.4, -0.2) is 116 Å². The first-order chi connectivity index (χ1) is 68.4. The van der Waals surface area contributed by atoms with Gasteiger partial charge in [0.1, 0.15) is 23.1 Å². The Bertz CT molecular complexity index is 5850. The van der Waals surface area contributed by atoms with Gasteiger partial charge in [0.05, 0.1) is 49.4 Å². The van der Waals surface area contributed by atoms with Gasteiger partial charge in [-0.15, -0.1) is 0 Å². The second kappa shape index (κ2) is 73.6. The number of alkyl halides is 9. The van der Waals surface area contributed by atoms with Crippen LogP contribution in [0.4, 0.5) is 67.0 Å². The number of carbonyl (C=O) groups is 2. The molecule has 6 aromatic carbocycles. The van der Waals surface area contributed by atoms with Gasteiger partial charge in [0, 0.05) is 218 Å². The van der Waals surface area contributed by atoms with E-state index in [2.05, 4.69) is 74.9 Å². The molecule has 0 bridgehead atoms. The zero-order valence-electron chi connectivity index (χ0n) is 84.5. The second-order valence-electron chi connectivity index (χ2n) is 30.2. The number of Topliss-reactive ketones (excluding diaryl/α,β-unsaturated/α-hetero) is 2. The molecule has 1 aliphatic heterocycles. The number of pyridine rings is 7. The Kier molecular flexibility index (Phi) is 64.1. The lowest BCUT2D eigenvalue weighted by Gasteiger charge is -2.10. The molecule has 0 fully saturated rings. The number of ketones is 2. The van der Waals surface area contributed by atoms with E-state index in [1.165, 1.54) is 105 Å². The molecule has 0 spiro atoms. The van der Waals surface area contributed by atoms with Crippen LogP contribution in [0.2, 0.25) is 0 Å². The zero-order chi connectivity index (χ0) is 108. The first-order valence-corrected chi connectivity index (χ1v) is 44.3. The summed E-state index contributed by atoms with van der Waals surface area (Å²) in [5, 5.41) is 0. The fourth-order valence-electron chi connectivity index (χ4n) is 9.86. The minimum absolute atomic E-state index is 0.0584. The Morgan fingerprint density at radius 2 is 0.889 bits per heavy atom. The van der Waals surface area contributed by atoms with Crippen LogP contribution < -0.4 is 41.1 Å². The smallest absolute Gasteiger partial charge is 0.416 e. The molecule has 144 heavy (non-hydrogen) atoms. The number of para-hydroxylation sites is 2. The van der Waals surface area contributed by atoms with Gasteiger partial charge in [0.15, 0.2) is 11.6 Å². The van der Waals surface area contributed by atoms with Crippen molar-refractivity contribution in [1.82, 2.24) is 49.0 Å². The van der Waals surface area contributed by atoms with Crippen LogP contribution in [0.15, 0.2) is 398 Å². The number of nitrogens with two attached hydrogens (primary N) is 2. The van der Waals surface area contributed by atoms with Gasteiger partial charge >= 0.3 is 24.2 Å². The van der Waals surface area contributed by atoms with Crippen molar-refractivity contribution in [3.05, 3.63) is 473 Å². The van der Waals surface area contributed by atoms with E-state index < -0.39 is 35.2 Å². The number of carbonyl (C=O) groups excluding carboxylic acids is 2. The number of anilines is 4. The summed E-state index contributed by atoms with van der Waals surface area (Å²) < 4.78 is 143. The third kappa shape index (κ3) is 64.6. The highest BCUT2D eigenvalue weighted by atomic mass is 19.4. The van der Waals surface area contributed by atoms with Gasteiger partial charge < -0.3 is 49.0 Å². The van der Waals surface area contributed by atoms with Gasteiger partial charge in [0.25, 0.3) is 6.01 Å². The lowest BCUT2D eigenvalue weighted by atomic mass is 10.2. The van der Waals surface area contributed by atoms with E-state index in [4.69, 9.17) is 30.1 Å². The molecule has 0 saturated carbocycles. The van der Waals surface area contributed by atoms with Crippen molar-refractivity contribution in [1.29, 1.82) is 0 Å². The molecule has 0 radical (unpaired) electrons. The van der Waals surface area contributed by atoms with Crippen LogP contribution in [-0.2, 0) is 39.0 Å². The predicted molar refractivity (Wildman–Crippen MR) is 559 cm³/mol. The van der Waals surface area contributed by atoms with Crippen molar-refractivity contribution in [3.8, 4) is 17.2 Å². The number of nitrogens with zero attached hydrogens (tertiary/aromatic N) is 13. The maximum Gasteiger partial charge on any atom is 0.416 e. The molecule has 764 valence electrons. The van der Waals surface area contributed by atoms with E-state index in [-0.39, 0.29) is 23.0 Å². The summed E-state index contributed by atoms with van der Waals surface area (Å²) in [4.78, 5) is 71.2. The molecule has 1 aliphatic rings. The van der Waals surface area contributed by atoms with E-state index in [1.807, 2.05) is 280 Å². The molecule has 0 unspecified atom stereocenters. The number of hydrogen-bond donors (Lipinski definition) is 2. The van der Waals surface area contributed by atoms with Gasteiger partial charge in [-0.05, 0) is 248 Å². The standard InChI is InChI=1S/C8H7F3O.C8H9FO2.2C8H11N.C7H6F3N.C7H5F3.C7H10N2O2.C7H9NO.C7H7NO.C7H9N.4C6H7N.C5H7N.C5H5N.C4H5N/c1-12-7-4-2-6(3-5-7)8(9,10)11;1-10-7-3-6(9)4-8(5-7)11-2;1-9(2)8-6-4-3-5-7-8;1-3-8-5-4-7(2)9-6-8;8-7(9,10)5-1-3-6(11)4-2-5;8-7(9,10)6-4-2-1-3-5-6;1-5-4-6(10)11-7(8-5)9(2)3;1-6(9)7-4-3-5-8(7)2;1-6(9)7-3-2-4-8-5-7;1-6-4-3-5-7(2)8-6;1-6-2-4-7-5-3-6;1-6-3-2-4-7-5-6;1-6-4-2-3-5-7-6;7-6-4-2-1-3-5-6;1-6-4-2-3-5-6;1-2-4-6-5-3-1;1-2-4-5-3-1/h2-5H,1H3;3-5H,1-2H3;3-7H,1-2H3;4-6H,3H2,1-2H3;1-4H,11H2;1-5H;4H,1-3H3;3-5H,1-2H3;2-5H,1H3;3-5H,1-2H3;3*2-5H,1H3;1-5H,7H2;2-5H,1H3;1-5H;1,3-4H,2H2. The van der Waals surface area contributed by atoms with Gasteiger partial charge in [0.2, 0.25) is 0 Å². The Balaban J connectivity index is 0.000000768. The summed E-state index contributed by atoms with van der Waals surface area (Å²) in [6.45, 7) is 19.0. The van der Waals surface area contributed by atoms with E-state index in [9.17, 15) is 58.3 Å². The molecule has 10 aromatic heterocycles. The van der Waals surface area contributed by atoms with Crippen molar-refractivity contribution >= 4 is 40.9 Å². The highest BCUT2D eigenvalue weighted by molar-refractivity contribution is 5.93. The number of nitrogen functional groups attached to an aromatic ring is 2. The number of methoxy groups -OCH3 is 3. The molecule has 0 amide bonds. The summed E-state index contributed by atoms with van der Waals surface area (Å²) in [5.41, 5.74) is 20.9. The van der Waals surface area contributed by atoms with Crippen LogP contribution in [0, 0.1) is 54.3 Å². The molecular formula is C112H129F10N15O7. The Hall–Kier alpha value is -16.5. The molecule has 0 aliphatic carbocycles. The Morgan fingerprint density at radius 3 is 1.17 bits per heavy atom. The monoisotopic (exact) mass is 1990 g/mol. The minimum Gasteiger partial charge on any atom is -0.497 e. The largest absolute Gasteiger partial charge is 0.497 e. The fraction of sp³-hybridized carbons (Fsp3) is 0.214. The van der Waals surface area contributed by atoms with Crippen LogP contribution in [0.1, 0.15) is 110 Å². The van der Waals surface area contributed by atoms with Crippen molar-refractivity contribution in [2.75, 3.05) is 70.8 Å². The molecule has 17 rings (SSSR count). The number of hydrogen-bond acceptors (Lipinski definition) is 20. The van der Waals surface area contributed by atoms with Crippen LogP contribution in [0.3, 0.4) is 0 Å². The first kappa shape index (κ1) is 125. The molecule has 32 heteroatoms. The summed E-state index contributed by atoms with van der Waals surface area (Å²) >= 11 is 0. The number of aryl methyl sites for hydroxylation is 10. The van der Waals surface area contributed by atoms with Crippen molar-refractivity contribution in [2.24, 2.45) is 19.1 Å². The van der Waals surface area contributed by atoms with E-state index in [0.29, 0.717) is 40.2 Å². The van der Waals surface area contributed by atoms with E-state index in [1.54, 1.807) is 113 Å². The van der Waals surface area contributed by atoms with Crippen LogP contribution in [0.25, 0.3) is 0 Å². The third-order valence-corrected chi connectivity index (χ3v) is 17.4. The average molecular weight is 1990 g/mol. The van der Waals surface area contributed by atoms with E-state index in [0.717, 1.165) is 83.4 Å². The molecule has 11 heterocycles. The number of ether oxygens (including phenoxy) is 3. The third-order valence-electron chi connectivity index (χ3n) is 17.4. The zero-order valence-corrected chi connectivity index (χ0v) is 84.5. The number of rotatable bonds is 8. The lowest BCUT2D eigenvalue weighted by Crippen LogP contribution is -2.14. The van der Waals surface area contributed by atoms with Crippen LogP contribution in [0.5, 0.6) is 17.2 Å². The first-order valence-electron chi connectivity index (χ1n) is 44.3. The molecular weight excluding hydrogens is 1860 g/mol. The highest BCUT2D eigenvalue weighted by Gasteiger charge is 2.31. The lowest BCUT2D eigenvalue weighted by molar-refractivity contribution is -0.138. The number of halogens is 10. The topological polar surface area (TPSA) is 276 Å². The minimum atomic E-state index is -4.27. The molecule has 16 aromatic rings. The SMILES string of the molecule is C1=CN=CC1.CC(=O)c1cccn1C.CC(=O)c1cccnc1.CCc1ccc(C)nc1.CN(C)c1ccccc1.COc1cc(F)cc(OC)c1.COc1ccc(C(F)(F)F)cc1.Cc1cc(=O)oc(N(C)C)n1.Cc1cccc(C)n1.Cc1ccccn1.Cc1cccnc1.Cc1ccncc1.Cn1cccc1.FC(F)(F)c1ccccc1.Nc1ccc(C(F)(F)F)cc1.Nc1ccccc1.c1ccncc1. The second-order valence-corrected chi connectivity index (χ2v) is 30.2. The Labute approximate surface area is 838 Å². The number of aromatic nitrogens is 10. The molecule has 0 saturated heterocycles. The average Bonchev–Trinajstić information content (AvgIpc) is 1.45. The van der Waals surface area contributed by atoms with Crippen molar-refractivity contribution < 1.29 is 72.1 Å². The highest BCUT2D eigenvalue weighted by Crippen LogP contribution is 2.32. The van der Waals surface area contributed by atoms with Gasteiger partial charge in [-0.1, -0.05) is 110 Å². The maximum atomic E-state index is 12.6.